The summed E-state index contributed by atoms with van der Waals surface area (Å²) in [5.41, 5.74) is 2.02. The maximum Gasteiger partial charge on any atom is 0.169 e. The lowest BCUT2D eigenvalue weighted by atomic mass is 10.3. The number of H-pyrrole nitrogens is 1. The Kier molecular flexibility index (Phi) is 2.22. The van der Waals surface area contributed by atoms with E-state index < -0.39 is 0 Å². The largest absolute Gasteiger partial charge is 0.362 e. The fourth-order valence-electron chi connectivity index (χ4n) is 1.20. The molecule has 0 saturated heterocycles. The number of aromatic amines is 1. The van der Waals surface area contributed by atoms with Crippen LogP contribution in [0.4, 0.5) is 5.82 Å². The number of aromatic nitrogens is 3. The minimum absolute atomic E-state index is 0.649. The molecule has 14 heavy (non-hydrogen) atoms. The number of nitrogens with zero attached hydrogens (tertiary/aromatic N) is 2. The highest BCUT2D eigenvalue weighted by Crippen LogP contribution is 2.08. The third-order valence-corrected chi connectivity index (χ3v) is 1.84. The lowest BCUT2D eigenvalue weighted by Gasteiger charge is -1.96. The average molecular weight is 192 g/mol. The third-order valence-electron chi connectivity index (χ3n) is 1.84. The monoisotopic (exact) mass is 192 g/mol. The van der Waals surface area contributed by atoms with Crippen molar-refractivity contribution in [3.63, 3.8) is 0 Å². The predicted octanol–water partition coefficient (Wildman–Crippen LogP) is 1.63. The van der Waals surface area contributed by atoms with Gasteiger partial charge in [-0.05, 0) is 19.9 Å². The third kappa shape index (κ3) is 1.93. The van der Waals surface area contributed by atoms with Crippen molar-refractivity contribution in [3.05, 3.63) is 29.3 Å². The molecule has 0 aromatic carbocycles. The first-order valence-corrected chi connectivity index (χ1v) is 4.42. The highest BCUT2D eigenvalue weighted by atomic mass is 16.5. The summed E-state index contributed by atoms with van der Waals surface area (Å²) in [4.78, 5) is 0. The molecule has 0 radical (unpaired) electrons. The van der Waals surface area contributed by atoms with Crippen LogP contribution in [-0.2, 0) is 6.54 Å². The van der Waals surface area contributed by atoms with Crippen LogP contribution in [-0.4, -0.2) is 15.4 Å². The zero-order valence-electron chi connectivity index (χ0n) is 8.16. The lowest BCUT2D eigenvalue weighted by Crippen LogP contribution is -1.99. The lowest BCUT2D eigenvalue weighted by molar-refractivity contribution is 0.399. The summed E-state index contributed by atoms with van der Waals surface area (Å²) >= 11 is 0. The van der Waals surface area contributed by atoms with Gasteiger partial charge in [-0.1, -0.05) is 5.16 Å². The molecule has 5 nitrogen and oxygen atoms in total. The first-order valence-electron chi connectivity index (χ1n) is 4.42. The van der Waals surface area contributed by atoms with Gasteiger partial charge in [-0.2, -0.15) is 5.10 Å². The van der Waals surface area contributed by atoms with Crippen molar-refractivity contribution >= 4 is 5.82 Å². The number of anilines is 1. The predicted molar refractivity (Wildman–Crippen MR) is 51.9 cm³/mol. The molecule has 0 aliphatic heterocycles. The van der Waals surface area contributed by atoms with Gasteiger partial charge in [0.15, 0.2) is 5.82 Å². The van der Waals surface area contributed by atoms with Crippen molar-refractivity contribution in [3.8, 4) is 0 Å². The van der Waals surface area contributed by atoms with E-state index in [2.05, 4.69) is 20.7 Å². The van der Waals surface area contributed by atoms with Crippen molar-refractivity contribution in [2.75, 3.05) is 5.32 Å². The fraction of sp³-hybridized carbons (Fsp3) is 0.333. The van der Waals surface area contributed by atoms with Crippen LogP contribution >= 0.6 is 0 Å². The van der Waals surface area contributed by atoms with Gasteiger partial charge in [0, 0.05) is 11.8 Å². The van der Waals surface area contributed by atoms with Gasteiger partial charge in [-0.25, -0.2) is 0 Å². The van der Waals surface area contributed by atoms with Gasteiger partial charge in [0.05, 0.1) is 12.2 Å². The highest BCUT2D eigenvalue weighted by Gasteiger charge is 2.01. The molecule has 2 heterocycles. The van der Waals surface area contributed by atoms with E-state index in [9.17, 15) is 0 Å². The van der Waals surface area contributed by atoms with Crippen molar-refractivity contribution < 1.29 is 4.52 Å². The molecule has 0 saturated carbocycles. The van der Waals surface area contributed by atoms with E-state index >= 15 is 0 Å². The van der Waals surface area contributed by atoms with E-state index in [-0.39, 0.29) is 0 Å². The van der Waals surface area contributed by atoms with Crippen LogP contribution < -0.4 is 5.32 Å². The molecule has 2 aromatic rings. The van der Waals surface area contributed by atoms with Gasteiger partial charge in [0.25, 0.3) is 0 Å². The fourth-order valence-corrected chi connectivity index (χ4v) is 1.20. The Balaban J connectivity index is 1.94. The zero-order valence-corrected chi connectivity index (χ0v) is 8.16. The van der Waals surface area contributed by atoms with Crippen LogP contribution in [0.15, 0.2) is 16.7 Å². The quantitative estimate of drug-likeness (QED) is 0.775. The summed E-state index contributed by atoms with van der Waals surface area (Å²) in [5.74, 6) is 1.54. The topological polar surface area (TPSA) is 66.7 Å². The Bertz CT molecular complexity index is 378. The van der Waals surface area contributed by atoms with E-state index in [0.29, 0.717) is 6.54 Å². The second-order valence-corrected chi connectivity index (χ2v) is 3.22. The van der Waals surface area contributed by atoms with E-state index in [1.54, 1.807) is 0 Å². The second-order valence-electron chi connectivity index (χ2n) is 3.22. The zero-order chi connectivity index (χ0) is 9.97. The van der Waals surface area contributed by atoms with E-state index in [1.807, 2.05) is 26.0 Å². The van der Waals surface area contributed by atoms with Crippen LogP contribution in [0.5, 0.6) is 0 Å². The molecule has 0 fully saturated rings. The Hall–Kier alpha value is -1.78. The smallest absolute Gasteiger partial charge is 0.169 e. The summed E-state index contributed by atoms with van der Waals surface area (Å²) in [5, 5.41) is 13.9. The summed E-state index contributed by atoms with van der Waals surface area (Å²) in [6, 6.07) is 3.83. The minimum Gasteiger partial charge on any atom is -0.362 e. The number of nitrogens with one attached hydrogen (secondary N) is 2. The standard InChI is InChI=1S/C9H12N4O/c1-6-3-8(12-11-6)5-10-9-4-7(2)14-13-9/h3-4H,5H2,1-2H3,(H,10,13)(H,11,12). The molecule has 74 valence electrons. The van der Waals surface area contributed by atoms with Gasteiger partial charge < -0.3 is 9.84 Å². The molecule has 0 amide bonds. The number of hydrogen-bond donors (Lipinski definition) is 2. The SMILES string of the molecule is Cc1cc(CNc2cc(C)on2)n[nH]1. The molecule has 2 aromatic heterocycles. The molecule has 5 heteroatoms. The summed E-state index contributed by atoms with van der Waals surface area (Å²) in [6.07, 6.45) is 0. The average Bonchev–Trinajstić information content (AvgIpc) is 2.72. The maximum atomic E-state index is 4.92. The van der Waals surface area contributed by atoms with Crippen molar-refractivity contribution in [1.82, 2.24) is 15.4 Å². The first kappa shape index (κ1) is 8.80. The number of rotatable bonds is 3. The molecule has 0 bridgehead atoms. The van der Waals surface area contributed by atoms with Crippen molar-refractivity contribution in [2.24, 2.45) is 0 Å². The van der Waals surface area contributed by atoms with Crippen molar-refractivity contribution in [1.29, 1.82) is 0 Å². The Morgan fingerprint density at radius 1 is 1.43 bits per heavy atom. The van der Waals surface area contributed by atoms with E-state index in [4.69, 9.17) is 4.52 Å². The van der Waals surface area contributed by atoms with E-state index in [1.165, 1.54) is 0 Å². The molecule has 0 aliphatic carbocycles. The molecular weight excluding hydrogens is 180 g/mol. The molecule has 0 unspecified atom stereocenters. The molecule has 0 aliphatic rings. The Labute approximate surface area is 81.5 Å². The minimum atomic E-state index is 0.649. The van der Waals surface area contributed by atoms with Crippen LogP contribution in [0.1, 0.15) is 17.1 Å². The van der Waals surface area contributed by atoms with Crippen LogP contribution in [0, 0.1) is 13.8 Å². The second kappa shape index (κ2) is 3.53. The highest BCUT2D eigenvalue weighted by molar-refractivity contribution is 5.33. The van der Waals surface area contributed by atoms with Gasteiger partial charge in [-0.3, -0.25) is 5.10 Å². The van der Waals surface area contributed by atoms with Gasteiger partial charge in [-0.15, -0.1) is 0 Å². The van der Waals surface area contributed by atoms with Gasteiger partial charge in [0.1, 0.15) is 5.76 Å². The normalized spacial score (nSPS) is 10.4. The first-order chi connectivity index (χ1) is 6.74. The number of aryl methyl sites for hydroxylation is 2. The molecule has 2 N–H and O–H groups in total. The van der Waals surface area contributed by atoms with E-state index in [0.717, 1.165) is 23.0 Å². The summed E-state index contributed by atoms with van der Waals surface area (Å²) in [6.45, 7) is 4.48. The van der Waals surface area contributed by atoms with Crippen LogP contribution in [0.3, 0.4) is 0 Å². The molecule has 0 atom stereocenters. The molecular formula is C9H12N4O. The Morgan fingerprint density at radius 3 is 2.86 bits per heavy atom. The number of hydrogen-bond acceptors (Lipinski definition) is 4. The molecule has 0 spiro atoms. The van der Waals surface area contributed by atoms with Crippen LogP contribution in [0.25, 0.3) is 0 Å². The molecule has 2 rings (SSSR count). The summed E-state index contributed by atoms with van der Waals surface area (Å²) < 4.78 is 4.92. The van der Waals surface area contributed by atoms with Gasteiger partial charge in [0.2, 0.25) is 0 Å². The van der Waals surface area contributed by atoms with Crippen LogP contribution in [0.2, 0.25) is 0 Å². The maximum absolute atomic E-state index is 4.92. The summed E-state index contributed by atoms with van der Waals surface area (Å²) in [7, 11) is 0. The van der Waals surface area contributed by atoms with Gasteiger partial charge >= 0.3 is 0 Å². The Morgan fingerprint density at radius 2 is 2.29 bits per heavy atom. The van der Waals surface area contributed by atoms with Crippen molar-refractivity contribution in [2.45, 2.75) is 20.4 Å².